The van der Waals surface area contributed by atoms with Gasteiger partial charge in [-0.3, -0.25) is 9.89 Å². The van der Waals surface area contributed by atoms with Gasteiger partial charge in [-0.2, -0.15) is 5.10 Å². The van der Waals surface area contributed by atoms with E-state index >= 15 is 0 Å². The zero-order valence-electron chi connectivity index (χ0n) is 9.92. The number of hydrogen-bond acceptors (Lipinski definition) is 3. The highest BCUT2D eigenvalue weighted by atomic mass is 16.2. The average molecular weight is 242 g/mol. The van der Waals surface area contributed by atoms with Crippen molar-refractivity contribution in [3.63, 3.8) is 0 Å². The molecule has 1 fully saturated rings. The van der Waals surface area contributed by atoms with E-state index < -0.39 is 0 Å². The minimum atomic E-state index is -0.0330. The lowest BCUT2D eigenvalue weighted by Gasteiger charge is -2.23. The lowest BCUT2D eigenvalue weighted by atomic mass is 10.1. The van der Waals surface area contributed by atoms with Crippen LogP contribution >= 0.6 is 0 Å². The topological polar surface area (TPSA) is 69.8 Å². The second-order valence-electron chi connectivity index (χ2n) is 5.02. The largest absolute Gasteiger partial charge is 0.348 e. The Morgan fingerprint density at radius 2 is 2.17 bits per heavy atom. The fourth-order valence-electron chi connectivity index (χ4n) is 2.69. The molecule has 1 aromatic heterocycles. The summed E-state index contributed by atoms with van der Waals surface area (Å²) >= 11 is 0. The molecule has 0 unspecified atom stereocenters. The van der Waals surface area contributed by atoms with Crippen LogP contribution in [-0.4, -0.2) is 35.2 Å². The van der Waals surface area contributed by atoms with Crippen molar-refractivity contribution in [1.82, 2.24) is 20.8 Å². The van der Waals surface area contributed by atoms with Gasteiger partial charge in [-0.1, -0.05) is 0 Å². The first-order valence-corrected chi connectivity index (χ1v) is 6.37. The normalized spacial score (nSPS) is 18.0. The molecule has 4 rings (SSSR count). The molecule has 0 bridgehead atoms. The Balaban J connectivity index is 1.57. The summed E-state index contributed by atoms with van der Waals surface area (Å²) in [5, 5.41) is 14.4. The number of fused-ring (bicyclic) bond motifs is 3. The van der Waals surface area contributed by atoms with Crippen LogP contribution in [0.25, 0.3) is 22.0 Å². The molecular formula is C13H14N4O. The highest BCUT2D eigenvalue weighted by Crippen LogP contribution is 2.42. The van der Waals surface area contributed by atoms with Crippen LogP contribution in [0.4, 0.5) is 0 Å². The van der Waals surface area contributed by atoms with Crippen LogP contribution in [0.15, 0.2) is 12.1 Å². The molecule has 3 N–H and O–H groups in total. The molecule has 0 aromatic carbocycles. The van der Waals surface area contributed by atoms with Crippen molar-refractivity contribution in [3.8, 4) is 11.1 Å². The maximum absolute atomic E-state index is 12.2. The molecule has 2 heterocycles. The van der Waals surface area contributed by atoms with E-state index in [2.05, 4.69) is 26.9 Å². The molecule has 18 heavy (non-hydrogen) atoms. The van der Waals surface area contributed by atoms with E-state index in [-0.39, 0.29) is 11.9 Å². The monoisotopic (exact) mass is 242 g/mol. The first-order chi connectivity index (χ1) is 8.83. The smallest absolute Gasteiger partial charge is 0.270 e. The van der Waals surface area contributed by atoms with Gasteiger partial charge < -0.3 is 10.6 Å². The van der Waals surface area contributed by atoms with Gasteiger partial charge >= 0.3 is 0 Å². The predicted octanol–water partition coefficient (Wildman–Crippen LogP) is 1.03. The molecule has 5 nitrogen and oxygen atoms in total. The first-order valence-electron chi connectivity index (χ1n) is 6.37. The van der Waals surface area contributed by atoms with E-state index in [1.807, 2.05) is 6.07 Å². The summed E-state index contributed by atoms with van der Waals surface area (Å²) in [6, 6.07) is 4.39. The van der Waals surface area contributed by atoms with Crippen molar-refractivity contribution in [1.29, 1.82) is 0 Å². The summed E-state index contributed by atoms with van der Waals surface area (Å²) in [5.41, 5.74) is 3.93. The van der Waals surface area contributed by atoms with E-state index in [4.69, 9.17) is 0 Å². The minimum absolute atomic E-state index is 0.0330. The molecule has 0 spiro atoms. The van der Waals surface area contributed by atoms with E-state index in [1.54, 1.807) is 0 Å². The summed E-state index contributed by atoms with van der Waals surface area (Å²) in [7, 11) is 0. The molecule has 0 saturated carbocycles. The summed E-state index contributed by atoms with van der Waals surface area (Å²) in [6.45, 7) is 1.95. The number of rotatable bonds is 2. The number of carbonyl (C=O) groups excluding carboxylic acids is 1. The number of hydrogen-bond donors (Lipinski definition) is 3. The average Bonchev–Trinajstić information content (AvgIpc) is 2.86. The molecule has 3 aliphatic rings. The maximum Gasteiger partial charge on any atom is 0.270 e. The quantitative estimate of drug-likeness (QED) is 0.628. The number of nitrogens with one attached hydrogen (secondary N) is 3. The van der Waals surface area contributed by atoms with Gasteiger partial charge in [0.2, 0.25) is 0 Å². The number of piperidine rings is 1. The Kier molecular flexibility index (Phi) is 1.99. The predicted molar refractivity (Wildman–Crippen MR) is 68.4 cm³/mol. The van der Waals surface area contributed by atoms with Crippen LogP contribution in [0.2, 0.25) is 0 Å². The van der Waals surface area contributed by atoms with E-state index in [0.29, 0.717) is 5.69 Å². The number of nitrogens with zero attached hydrogens (tertiary/aromatic N) is 1. The van der Waals surface area contributed by atoms with Gasteiger partial charge in [-0.25, -0.2) is 0 Å². The summed E-state index contributed by atoms with van der Waals surface area (Å²) < 4.78 is 0. The Bertz CT molecular complexity index is 640. The summed E-state index contributed by atoms with van der Waals surface area (Å²) in [5.74, 6) is -0.0330. The van der Waals surface area contributed by atoms with Crippen molar-refractivity contribution in [2.24, 2.45) is 0 Å². The number of H-pyrrole nitrogens is 1. The molecule has 1 aromatic rings. The van der Waals surface area contributed by atoms with Crippen molar-refractivity contribution >= 4 is 16.8 Å². The zero-order valence-corrected chi connectivity index (χ0v) is 9.92. The standard InChI is InChI=1S/C13H14N4O/c18-13(15-8-1-3-14-4-2-8)12-10-6-7-5-9(7)11(10)16-17-12/h5-6,8,14H,1-4H2,(H,15,18)(H,16,17). The lowest BCUT2D eigenvalue weighted by molar-refractivity contribution is 0.0926. The number of carbonyl (C=O) groups is 1. The third kappa shape index (κ3) is 1.44. The molecule has 1 aliphatic heterocycles. The Morgan fingerprint density at radius 3 is 3.00 bits per heavy atom. The van der Waals surface area contributed by atoms with Crippen LogP contribution < -0.4 is 10.6 Å². The number of aromatic amines is 1. The van der Waals surface area contributed by atoms with Gasteiger partial charge in [0.15, 0.2) is 0 Å². The molecule has 0 atom stereocenters. The second kappa shape index (κ2) is 3.55. The van der Waals surface area contributed by atoms with Gasteiger partial charge in [0.25, 0.3) is 5.91 Å². The lowest BCUT2D eigenvalue weighted by Crippen LogP contribution is -2.42. The van der Waals surface area contributed by atoms with Gasteiger partial charge in [0.1, 0.15) is 11.2 Å². The highest BCUT2D eigenvalue weighted by molar-refractivity contribution is 6.14. The van der Waals surface area contributed by atoms with E-state index in [1.165, 1.54) is 11.1 Å². The van der Waals surface area contributed by atoms with E-state index in [9.17, 15) is 4.79 Å². The summed E-state index contributed by atoms with van der Waals surface area (Å²) in [6.07, 6.45) is 1.99. The third-order valence-corrected chi connectivity index (χ3v) is 3.79. The van der Waals surface area contributed by atoms with Crippen molar-refractivity contribution in [3.05, 3.63) is 17.8 Å². The van der Waals surface area contributed by atoms with Gasteiger partial charge in [0, 0.05) is 17.0 Å². The highest BCUT2D eigenvalue weighted by Gasteiger charge is 2.25. The van der Waals surface area contributed by atoms with Gasteiger partial charge in [-0.05, 0) is 43.6 Å². The molecule has 1 amide bonds. The van der Waals surface area contributed by atoms with Crippen LogP contribution in [-0.2, 0) is 0 Å². The third-order valence-electron chi connectivity index (χ3n) is 3.79. The maximum atomic E-state index is 12.2. The van der Waals surface area contributed by atoms with Gasteiger partial charge in [-0.15, -0.1) is 0 Å². The Morgan fingerprint density at radius 1 is 1.33 bits per heavy atom. The van der Waals surface area contributed by atoms with Crippen LogP contribution in [0.1, 0.15) is 23.3 Å². The fourth-order valence-corrected chi connectivity index (χ4v) is 2.69. The summed E-state index contributed by atoms with van der Waals surface area (Å²) in [4.78, 5) is 12.2. The van der Waals surface area contributed by atoms with Crippen LogP contribution in [0.3, 0.4) is 0 Å². The molecule has 1 saturated heterocycles. The van der Waals surface area contributed by atoms with Crippen LogP contribution in [0.5, 0.6) is 0 Å². The molecule has 5 heteroatoms. The minimum Gasteiger partial charge on any atom is -0.348 e. The molecular weight excluding hydrogens is 228 g/mol. The van der Waals surface area contributed by atoms with Gasteiger partial charge in [0.05, 0.1) is 0 Å². The van der Waals surface area contributed by atoms with Crippen molar-refractivity contribution in [2.75, 3.05) is 13.1 Å². The SMILES string of the molecule is O=C(NC1CCNCC1)c1[nH]nc2c3cc-3cc12. The Hall–Kier alpha value is -1.88. The second-order valence-corrected chi connectivity index (χ2v) is 5.02. The first kappa shape index (κ1) is 10.1. The zero-order chi connectivity index (χ0) is 12.1. The van der Waals surface area contributed by atoms with Crippen molar-refractivity contribution in [2.45, 2.75) is 18.9 Å². The molecule has 2 aliphatic carbocycles. The van der Waals surface area contributed by atoms with E-state index in [0.717, 1.165) is 36.8 Å². The Labute approximate surface area is 104 Å². The fraction of sp³-hybridized carbons (Fsp3) is 0.385. The van der Waals surface area contributed by atoms with Crippen LogP contribution in [0, 0.1) is 0 Å². The van der Waals surface area contributed by atoms with Crippen molar-refractivity contribution < 1.29 is 4.79 Å². The molecule has 92 valence electrons. The number of amides is 1. The number of benzene rings is 1. The molecule has 0 radical (unpaired) electrons. The number of aromatic nitrogens is 2.